The summed E-state index contributed by atoms with van der Waals surface area (Å²) in [5.74, 6) is 0.538. The van der Waals surface area contributed by atoms with E-state index in [1.54, 1.807) is 12.1 Å². The first-order chi connectivity index (χ1) is 11.8. The average Bonchev–Trinajstić information content (AvgIpc) is 2.65. The second-order valence-corrected chi connectivity index (χ2v) is 6.40. The first-order valence-corrected chi connectivity index (χ1v) is 8.60. The molecule has 1 amide bonds. The third-order valence-electron chi connectivity index (χ3n) is 4.76. The van der Waals surface area contributed by atoms with Gasteiger partial charge in [0.1, 0.15) is 0 Å². The molecule has 0 fully saturated rings. The van der Waals surface area contributed by atoms with E-state index in [4.69, 9.17) is 5.26 Å². The number of benzene rings is 2. The summed E-state index contributed by atoms with van der Waals surface area (Å²) in [5, 5.41) is 11.9. The van der Waals surface area contributed by atoms with Crippen LogP contribution in [0, 0.1) is 11.3 Å². The molecule has 0 radical (unpaired) electrons. The Bertz CT molecular complexity index is 743. The van der Waals surface area contributed by atoms with Gasteiger partial charge in [0.15, 0.2) is 0 Å². The lowest BCUT2D eigenvalue weighted by atomic mass is 9.83. The fraction of sp³-hybridized carbons (Fsp3) is 0.333. The zero-order chi connectivity index (χ0) is 16.8. The molecule has 0 heterocycles. The summed E-state index contributed by atoms with van der Waals surface area (Å²) in [6.07, 6.45) is 4.69. The largest absolute Gasteiger partial charge is 0.355 e. The number of nitriles is 1. The van der Waals surface area contributed by atoms with Crippen molar-refractivity contribution in [2.75, 3.05) is 6.54 Å². The van der Waals surface area contributed by atoms with Crippen LogP contribution in [-0.4, -0.2) is 12.5 Å². The van der Waals surface area contributed by atoms with Crippen molar-refractivity contribution in [2.24, 2.45) is 0 Å². The lowest BCUT2D eigenvalue weighted by molar-refractivity contribution is -0.121. The lowest BCUT2D eigenvalue weighted by Crippen LogP contribution is -2.30. The first kappa shape index (κ1) is 16.3. The Kier molecular flexibility index (Phi) is 5.28. The normalized spacial score (nSPS) is 16.0. The van der Waals surface area contributed by atoms with Gasteiger partial charge in [0.05, 0.1) is 11.6 Å². The van der Waals surface area contributed by atoms with Crippen LogP contribution in [-0.2, 0) is 17.6 Å². The van der Waals surface area contributed by atoms with E-state index in [1.807, 2.05) is 12.1 Å². The van der Waals surface area contributed by atoms with E-state index >= 15 is 0 Å². The van der Waals surface area contributed by atoms with Crippen molar-refractivity contribution in [3.63, 3.8) is 0 Å². The van der Waals surface area contributed by atoms with Crippen LogP contribution in [0.15, 0.2) is 48.5 Å². The minimum Gasteiger partial charge on any atom is -0.355 e. The van der Waals surface area contributed by atoms with Crippen LogP contribution in [0.1, 0.15) is 47.4 Å². The molecule has 3 heteroatoms. The molecule has 1 aliphatic carbocycles. The van der Waals surface area contributed by atoms with Gasteiger partial charge in [0, 0.05) is 18.9 Å². The maximum Gasteiger partial charge on any atom is 0.220 e. The van der Waals surface area contributed by atoms with Gasteiger partial charge in [-0.2, -0.15) is 5.26 Å². The molecule has 0 saturated carbocycles. The summed E-state index contributed by atoms with van der Waals surface area (Å²) in [6, 6.07) is 18.1. The lowest BCUT2D eigenvalue weighted by Gasteiger charge is -2.25. The number of hydrogen-bond donors (Lipinski definition) is 1. The summed E-state index contributed by atoms with van der Waals surface area (Å²) in [7, 11) is 0. The number of amides is 1. The molecule has 3 nitrogen and oxygen atoms in total. The van der Waals surface area contributed by atoms with Crippen LogP contribution >= 0.6 is 0 Å². The smallest absolute Gasteiger partial charge is 0.220 e. The average molecular weight is 318 g/mol. The van der Waals surface area contributed by atoms with E-state index in [0.717, 1.165) is 24.9 Å². The molecule has 3 rings (SSSR count). The summed E-state index contributed by atoms with van der Waals surface area (Å²) < 4.78 is 0. The van der Waals surface area contributed by atoms with Gasteiger partial charge in [-0.1, -0.05) is 36.4 Å². The Hall–Kier alpha value is -2.60. The Labute approximate surface area is 143 Å². The number of nitrogens with zero attached hydrogens (tertiary/aromatic N) is 1. The summed E-state index contributed by atoms with van der Waals surface area (Å²) in [5.41, 5.74) is 4.57. The topological polar surface area (TPSA) is 52.9 Å². The molecule has 1 atom stereocenters. The van der Waals surface area contributed by atoms with Gasteiger partial charge in [0.25, 0.3) is 0 Å². The number of carbonyl (C=O) groups is 1. The number of fused-ring (bicyclic) bond motifs is 1. The maximum absolute atomic E-state index is 12.1. The predicted molar refractivity (Wildman–Crippen MR) is 94.6 cm³/mol. The summed E-state index contributed by atoms with van der Waals surface area (Å²) in [6.45, 7) is 0.725. The first-order valence-electron chi connectivity index (χ1n) is 8.60. The molecule has 0 aliphatic heterocycles. The van der Waals surface area contributed by atoms with Gasteiger partial charge in [-0.05, 0) is 54.5 Å². The van der Waals surface area contributed by atoms with E-state index in [2.05, 4.69) is 35.7 Å². The van der Waals surface area contributed by atoms with Crippen molar-refractivity contribution >= 4 is 5.91 Å². The van der Waals surface area contributed by atoms with Gasteiger partial charge in [-0.15, -0.1) is 0 Å². The Morgan fingerprint density at radius 1 is 1.17 bits per heavy atom. The molecule has 24 heavy (non-hydrogen) atoms. The third kappa shape index (κ3) is 4.02. The fourth-order valence-corrected chi connectivity index (χ4v) is 3.40. The van der Waals surface area contributed by atoms with E-state index in [0.29, 0.717) is 24.3 Å². The van der Waals surface area contributed by atoms with Crippen LogP contribution in [0.5, 0.6) is 0 Å². The molecule has 0 saturated heterocycles. The highest BCUT2D eigenvalue weighted by atomic mass is 16.1. The van der Waals surface area contributed by atoms with Crippen LogP contribution in [0.3, 0.4) is 0 Å². The molecule has 1 aliphatic rings. The molecule has 2 aromatic carbocycles. The maximum atomic E-state index is 12.1. The van der Waals surface area contributed by atoms with Crippen LogP contribution < -0.4 is 5.32 Å². The minimum atomic E-state index is 0.0995. The van der Waals surface area contributed by atoms with Gasteiger partial charge >= 0.3 is 0 Å². The summed E-state index contributed by atoms with van der Waals surface area (Å²) >= 11 is 0. The zero-order valence-electron chi connectivity index (χ0n) is 13.8. The standard InChI is InChI=1S/C21H22N2O/c22-14-17-10-8-16(9-11-17)12-13-21(24)23-15-19-6-3-5-18-4-1-2-7-20(18)19/h1-2,4,7-11,19H,3,5-6,12-13,15H2,(H,23,24). The number of nitrogens with one attached hydrogen (secondary N) is 1. The Morgan fingerprint density at radius 3 is 2.75 bits per heavy atom. The van der Waals surface area contributed by atoms with Crippen molar-refractivity contribution in [3.05, 3.63) is 70.8 Å². The fourth-order valence-electron chi connectivity index (χ4n) is 3.40. The monoisotopic (exact) mass is 318 g/mol. The molecule has 1 N–H and O–H groups in total. The third-order valence-corrected chi connectivity index (χ3v) is 4.76. The zero-order valence-corrected chi connectivity index (χ0v) is 13.8. The number of carbonyl (C=O) groups excluding carboxylic acids is 1. The molecular formula is C21H22N2O. The quantitative estimate of drug-likeness (QED) is 0.913. The van der Waals surface area contributed by atoms with Crippen molar-refractivity contribution in [1.82, 2.24) is 5.32 Å². The second kappa shape index (κ2) is 7.79. The Morgan fingerprint density at radius 2 is 1.96 bits per heavy atom. The van der Waals surface area contributed by atoms with Crippen molar-refractivity contribution in [3.8, 4) is 6.07 Å². The van der Waals surface area contributed by atoms with Crippen LogP contribution in [0.25, 0.3) is 0 Å². The van der Waals surface area contributed by atoms with Crippen LogP contribution in [0.2, 0.25) is 0 Å². The van der Waals surface area contributed by atoms with Gasteiger partial charge in [-0.3, -0.25) is 4.79 Å². The van der Waals surface area contributed by atoms with Crippen LogP contribution in [0.4, 0.5) is 0 Å². The second-order valence-electron chi connectivity index (χ2n) is 6.40. The molecule has 2 aromatic rings. The molecule has 0 aromatic heterocycles. The van der Waals surface area contributed by atoms with Crippen molar-refractivity contribution in [1.29, 1.82) is 5.26 Å². The highest BCUT2D eigenvalue weighted by Crippen LogP contribution is 2.30. The highest BCUT2D eigenvalue weighted by molar-refractivity contribution is 5.76. The molecule has 1 unspecified atom stereocenters. The van der Waals surface area contributed by atoms with Gasteiger partial charge < -0.3 is 5.32 Å². The molecule has 122 valence electrons. The highest BCUT2D eigenvalue weighted by Gasteiger charge is 2.20. The summed E-state index contributed by atoms with van der Waals surface area (Å²) in [4.78, 5) is 12.1. The Balaban J connectivity index is 1.48. The van der Waals surface area contributed by atoms with E-state index in [-0.39, 0.29) is 5.91 Å². The molecule has 0 bridgehead atoms. The molecule has 0 spiro atoms. The number of hydrogen-bond acceptors (Lipinski definition) is 2. The number of aryl methyl sites for hydroxylation is 2. The van der Waals surface area contributed by atoms with Crippen molar-refractivity contribution in [2.45, 2.75) is 38.0 Å². The SMILES string of the molecule is N#Cc1ccc(CCC(=O)NCC2CCCc3ccccc32)cc1. The number of rotatable bonds is 5. The van der Waals surface area contributed by atoms with Gasteiger partial charge in [-0.25, -0.2) is 0 Å². The molecular weight excluding hydrogens is 296 g/mol. The van der Waals surface area contributed by atoms with Crippen molar-refractivity contribution < 1.29 is 4.79 Å². The van der Waals surface area contributed by atoms with E-state index in [1.165, 1.54) is 17.5 Å². The van der Waals surface area contributed by atoms with E-state index < -0.39 is 0 Å². The minimum absolute atomic E-state index is 0.0995. The van der Waals surface area contributed by atoms with Gasteiger partial charge in [0.2, 0.25) is 5.91 Å². The van der Waals surface area contributed by atoms with E-state index in [9.17, 15) is 4.79 Å². The predicted octanol–water partition coefficient (Wildman–Crippen LogP) is 3.73.